The molecule has 0 saturated heterocycles. The van der Waals surface area contributed by atoms with Gasteiger partial charge in [-0.25, -0.2) is 0 Å². The molecule has 0 rings (SSSR count). The Morgan fingerprint density at radius 3 is 1.85 bits per heavy atom. The molecule has 76 valence electrons. The lowest BCUT2D eigenvalue weighted by atomic mass is 10.5. The maximum absolute atomic E-state index is 5.17. The minimum atomic E-state index is 0.650. The second kappa shape index (κ2) is 6.10. The van der Waals surface area contributed by atoms with E-state index in [-0.39, 0.29) is 0 Å². The third kappa shape index (κ3) is 4.38. The summed E-state index contributed by atoms with van der Waals surface area (Å²) in [7, 11) is 3.78. The van der Waals surface area contributed by atoms with Crippen molar-refractivity contribution in [3.05, 3.63) is 0 Å². The lowest BCUT2D eigenvalue weighted by Gasteiger charge is -2.24. The van der Waals surface area contributed by atoms with Crippen LogP contribution < -0.4 is 5.32 Å². The molecule has 0 bridgehead atoms. The van der Waals surface area contributed by atoms with Crippen LogP contribution in [-0.4, -0.2) is 47.2 Å². The van der Waals surface area contributed by atoms with E-state index in [1.165, 1.54) is 0 Å². The first-order valence-electron chi connectivity index (χ1n) is 4.30. The Balaban J connectivity index is 4.06. The summed E-state index contributed by atoms with van der Waals surface area (Å²) in [5, 5.41) is 4.34. The van der Waals surface area contributed by atoms with Crippen molar-refractivity contribution in [3.8, 4) is 0 Å². The van der Waals surface area contributed by atoms with Crippen LogP contribution in [0.2, 0.25) is 0 Å². The maximum atomic E-state index is 5.17. The Labute approximate surface area is 91.1 Å². The van der Waals surface area contributed by atoms with Gasteiger partial charge in [0, 0.05) is 27.2 Å². The van der Waals surface area contributed by atoms with Gasteiger partial charge in [-0.15, -0.1) is 0 Å². The Morgan fingerprint density at radius 2 is 1.54 bits per heavy atom. The molecule has 0 aromatic carbocycles. The molecule has 0 atom stereocenters. The second-order valence-electron chi connectivity index (χ2n) is 2.80. The highest BCUT2D eigenvalue weighted by Gasteiger charge is 2.07. The van der Waals surface area contributed by atoms with Gasteiger partial charge in [0.05, 0.1) is 0 Å². The number of hydrogen-bond donors (Lipinski definition) is 1. The van der Waals surface area contributed by atoms with E-state index in [1.54, 1.807) is 0 Å². The van der Waals surface area contributed by atoms with Gasteiger partial charge in [0.25, 0.3) is 0 Å². The summed E-state index contributed by atoms with van der Waals surface area (Å²) >= 11 is 10.2. The summed E-state index contributed by atoms with van der Waals surface area (Å²) in [6.07, 6.45) is 0. The van der Waals surface area contributed by atoms with Crippen LogP contribution in [-0.2, 0) is 0 Å². The number of nitrogens with zero attached hydrogens (tertiary/aromatic N) is 2. The van der Waals surface area contributed by atoms with Crippen LogP contribution in [0.15, 0.2) is 0 Å². The van der Waals surface area contributed by atoms with Gasteiger partial charge in [0.2, 0.25) is 0 Å². The van der Waals surface area contributed by atoms with Crippen LogP contribution in [0, 0.1) is 0 Å². The quantitative estimate of drug-likeness (QED) is 0.698. The molecule has 5 heteroatoms. The van der Waals surface area contributed by atoms with Crippen LogP contribution in [0.4, 0.5) is 0 Å². The third-order valence-corrected chi connectivity index (χ3v) is 2.50. The lowest BCUT2D eigenvalue weighted by Crippen LogP contribution is -2.46. The highest BCUT2D eigenvalue weighted by atomic mass is 32.1. The fourth-order valence-corrected chi connectivity index (χ4v) is 1.31. The molecule has 0 saturated carbocycles. The number of hydrogen-bond acceptors (Lipinski definition) is 2. The minimum Gasteiger partial charge on any atom is -0.355 e. The van der Waals surface area contributed by atoms with E-state index >= 15 is 0 Å². The SMILES string of the molecule is CCN(CC)C(=S)NC(=S)N(C)C. The summed E-state index contributed by atoms with van der Waals surface area (Å²) in [6.45, 7) is 5.93. The minimum absolute atomic E-state index is 0.650. The van der Waals surface area contributed by atoms with Crippen molar-refractivity contribution in [1.29, 1.82) is 0 Å². The van der Waals surface area contributed by atoms with Crippen LogP contribution in [0.3, 0.4) is 0 Å². The lowest BCUT2D eigenvalue weighted by molar-refractivity contribution is 0.461. The molecule has 0 fully saturated rings. The molecule has 0 amide bonds. The van der Waals surface area contributed by atoms with Crippen molar-refractivity contribution in [1.82, 2.24) is 15.1 Å². The molecule has 0 aliphatic heterocycles. The Morgan fingerprint density at radius 1 is 1.08 bits per heavy atom. The molecular formula is C8H17N3S2. The van der Waals surface area contributed by atoms with E-state index in [4.69, 9.17) is 24.4 Å². The maximum Gasteiger partial charge on any atom is 0.175 e. The zero-order valence-electron chi connectivity index (χ0n) is 8.63. The van der Waals surface area contributed by atoms with E-state index in [1.807, 2.05) is 23.9 Å². The van der Waals surface area contributed by atoms with Gasteiger partial charge >= 0.3 is 0 Å². The zero-order chi connectivity index (χ0) is 10.4. The van der Waals surface area contributed by atoms with E-state index in [2.05, 4.69) is 19.2 Å². The third-order valence-electron chi connectivity index (χ3n) is 1.67. The standard InChI is InChI=1S/C8H17N3S2/c1-5-11(6-2)8(13)9-7(12)10(3)4/h5-6H2,1-4H3,(H,9,12,13). The van der Waals surface area contributed by atoms with Crippen molar-refractivity contribution < 1.29 is 0 Å². The Hall–Kier alpha value is -0.420. The molecule has 0 spiro atoms. The van der Waals surface area contributed by atoms with Gasteiger partial charge in [-0.2, -0.15) is 0 Å². The van der Waals surface area contributed by atoms with Crippen LogP contribution in [0.5, 0.6) is 0 Å². The molecular weight excluding hydrogens is 202 g/mol. The fourth-order valence-electron chi connectivity index (χ4n) is 0.793. The molecule has 0 radical (unpaired) electrons. The predicted octanol–water partition coefficient (Wildman–Crippen LogP) is 1.05. The molecule has 0 heterocycles. The van der Waals surface area contributed by atoms with Crippen LogP contribution in [0.25, 0.3) is 0 Å². The summed E-state index contributed by atoms with van der Waals surface area (Å²) in [5.74, 6) is 0. The molecule has 13 heavy (non-hydrogen) atoms. The van der Waals surface area contributed by atoms with Gasteiger partial charge in [0.1, 0.15) is 0 Å². The summed E-state index contributed by atoms with van der Waals surface area (Å²) in [4.78, 5) is 3.87. The smallest absolute Gasteiger partial charge is 0.175 e. The first kappa shape index (κ1) is 12.6. The Kier molecular flexibility index (Phi) is 5.90. The molecule has 3 nitrogen and oxygen atoms in total. The fraction of sp³-hybridized carbons (Fsp3) is 0.750. The Bertz CT molecular complexity index is 188. The first-order chi connectivity index (χ1) is 6.02. The summed E-state index contributed by atoms with van der Waals surface area (Å²) in [6, 6.07) is 0. The average Bonchev–Trinajstić information content (AvgIpc) is 2.06. The number of rotatable bonds is 2. The second-order valence-corrected chi connectivity index (χ2v) is 3.58. The molecule has 0 unspecified atom stereocenters. The molecule has 0 aliphatic carbocycles. The van der Waals surface area contributed by atoms with E-state index < -0.39 is 0 Å². The van der Waals surface area contributed by atoms with Crippen molar-refractivity contribution in [2.75, 3.05) is 27.2 Å². The first-order valence-corrected chi connectivity index (χ1v) is 5.11. The van der Waals surface area contributed by atoms with Gasteiger partial charge in [-0.05, 0) is 38.3 Å². The predicted molar refractivity (Wildman–Crippen MR) is 64.9 cm³/mol. The van der Waals surface area contributed by atoms with E-state index in [9.17, 15) is 0 Å². The largest absolute Gasteiger partial charge is 0.355 e. The normalized spacial score (nSPS) is 9.23. The topological polar surface area (TPSA) is 18.5 Å². The summed E-state index contributed by atoms with van der Waals surface area (Å²) < 4.78 is 0. The molecule has 0 aromatic heterocycles. The van der Waals surface area contributed by atoms with Crippen LogP contribution in [0.1, 0.15) is 13.8 Å². The van der Waals surface area contributed by atoms with E-state index in [0.29, 0.717) is 10.2 Å². The highest BCUT2D eigenvalue weighted by Crippen LogP contribution is 1.90. The molecule has 0 aromatic rings. The van der Waals surface area contributed by atoms with Crippen molar-refractivity contribution >= 4 is 34.7 Å². The van der Waals surface area contributed by atoms with E-state index in [0.717, 1.165) is 13.1 Å². The zero-order valence-corrected chi connectivity index (χ0v) is 10.3. The van der Waals surface area contributed by atoms with Gasteiger partial charge in [-0.3, -0.25) is 0 Å². The average molecular weight is 219 g/mol. The van der Waals surface area contributed by atoms with Crippen molar-refractivity contribution in [2.24, 2.45) is 0 Å². The van der Waals surface area contributed by atoms with Gasteiger partial charge in [0.15, 0.2) is 10.2 Å². The monoisotopic (exact) mass is 219 g/mol. The number of thiocarbonyl (C=S) groups is 2. The van der Waals surface area contributed by atoms with Crippen molar-refractivity contribution in [2.45, 2.75) is 13.8 Å². The highest BCUT2D eigenvalue weighted by molar-refractivity contribution is 7.81. The summed E-state index contributed by atoms with van der Waals surface area (Å²) in [5.41, 5.74) is 0. The van der Waals surface area contributed by atoms with Crippen molar-refractivity contribution in [3.63, 3.8) is 0 Å². The molecule has 1 N–H and O–H groups in total. The molecule has 0 aliphatic rings. The van der Waals surface area contributed by atoms with Gasteiger partial charge < -0.3 is 15.1 Å². The van der Waals surface area contributed by atoms with Gasteiger partial charge in [-0.1, -0.05) is 0 Å². The van der Waals surface area contributed by atoms with Crippen LogP contribution >= 0.6 is 24.4 Å². The number of nitrogens with one attached hydrogen (secondary N) is 1.